The third kappa shape index (κ3) is 4.97. The van der Waals surface area contributed by atoms with E-state index in [9.17, 15) is 13.2 Å². The maximum Gasteiger partial charge on any atom is 0.243 e. The Kier molecular flexibility index (Phi) is 7.20. The van der Waals surface area contributed by atoms with Gasteiger partial charge in [-0.25, -0.2) is 8.42 Å². The molecule has 2 heterocycles. The number of carbonyl (C=O) groups is 1. The smallest absolute Gasteiger partial charge is 0.243 e. The van der Waals surface area contributed by atoms with Gasteiger partial charge in [0, 0.05) is 26.2 Å². The number of rotatable bonds is 7. The summed E-state index contributed by atoms with van der Waals surface area (Å²) in [5.41, 5.74) is 0. The predicted molar refractivity (Wildman–Crippen MR) is 106 cm³/mol. The van der Waals surface area contributed by atoms with E-state index in [0.717, 1.165) is 19.4 Å². The molecule has 2 saturated heterocycles. The summed E-state index contributed by atoms with van der Waals surface area (Å²) in [6.45, 7) is 4.06. The van der Waals surface area contributed by atoms with Gasteiger partial charge in [-0.05, 0) is 50.8 Å². The van der Waals surface area contributed by atoms with Gasteiger partial charge >= 0.3 is 0 Å². The number of piperidine rings is 1. The number of carbonyl (C=O) groups excluding carboxylic acids is 1. The Labute approximate surface area is 171 Å². The molecule has 0 saturated carbocycles. The molecule has 28 heavy (non-hydrogen) atoms. The topological polar surface area (TPSA) is 84.9 Å². The van der Waals surface area contributed by atoms with Crippen LogP contribution in [0, 0.1) is 5.92 Å². The van der Waals surface area contributed by atoms with Crippen LogP contribution in [0.25, 0.3) is 0 Å². The molecule has 0 bridgehead atoms. The third-order valence-corrected chi connectivity index (χ3v) is 7.28. The Balaban J connectivity index is 1.65. The quantitative estimate of drug-likeness (QED) is 0.718. The van der Waals surface area contributed by atoms with Gasteiger partial charge in [-0.2, -0.15) is 4.31 Å². The second-order valence-electron chi connectivity index (χ2n) is 7.11. The first kappa shape index (κ1) is 21.4. The molecule has 0 radical (unpaired) electrons. The molecule has 2 aliphatic heterocycles. The molecule has 2 aliphatic rings. The zero-order chi connectivity index (χ0) is 20.1. The first-order chi connectivity index (χ1) is 13.4. The molecule has 2 atom stereocenters. The van der Waals surface area contributed by atoms with Crippen LogP contribution in [0.5, 0.6) is 5.75 Å². The fourth-order valence-corrected chi connectivity index (χ4v) is 5.45. The Hall–Kier alpha value is -1.35. The van der Waals surface area contributed by atoms with Crippen LogP contribution >= 0.6 is 11.6 Å². The zero-order valence-electron chi connectivity index (χ0n) is 16.0. The number of ether oxygens (including phenoxy) is 2. The minimum absolute atomic E-state index is 0.0679. The van der Waals surface area contributed by atoms with E-state index in [-0.39, 0.29) is 34.4 Å². The van der Waals surface area contributed by atoms with Crippen LogP contribution in [-0.4, -0.2) is 57.6 Å². The van der Waals surface area contributed by atoms with E-state index in [2.05, 4.69) is 5.32 Å². The maximum atomic E-state index is 13.0. The fourth-order valence-electron chi connectivity index (χ4n) is 3.60. The predicted octanol–water partition coefficient (Wildman–Crippen LogP) is 2.43. The normalized spacial score (nSPS) is 23.5. The maximum absolute atomic E-state index is 13.0. The molecule has 1 amide bonds. The highest BCUT2D eigenvalue weighted by atomic mass is 35.5. The summed E-state index contributed by atoms with van der Waals surface area (Å²) in [7, 11) is -3.72. The number of halogens is 1. The van der Waals surface area contributed by atoms with Gasteiger partial charge in [0.2, 0.25) is 15.9 Å². The highest BCUT2D eigenvalue weighted by Crippen LogP contribution is 2.30. The Morgan fingerprint density at radius 3 is 2.86 bits per heavy atom. The van der Waals surface area contributed by atoms with Crippen LogP contribution in [-0.2, 0) is 19.6 Å². The average molecular weight is 431 g/mol. The molecule has 0 unspecified atom stereocenters. The minimum Gasteiger partial charge on any atom is -0.492 e. The molecule has 0 aliphatic carbocycles. The average Bonchev–Trinajstić information content (AvgIpc) is 3.21. The standard InChI is InChI=1S/C19H27ClN2O5S/c1-2-26-18-8-7-16(11-17(18)20)28(24,25)22-9-3-5-14(13-22)19(23)21-12-15-6-4-10-27-15/h7-8,11,14-15H,2-6,9-10,12-13H2,1H3,(H,21,23)/t14-,15+/m1/s1. The number of amides is 1. The van der Waals surface area contributed by atoms with E-state index in [0.29, 0.717) is 38.3 Å². The lowest BCUT2D eigenvalue weighted by atomic mass is 9.99. The van der Waals surface area contributed by atoms with Gasteiger partial charge in [0.1, 0.15) is 5.75 Å². The number of sulfonamides is 1. The van der Waals surface area contributed by atoms with Crippen molar-refractivity contribution in [3.63, 3.8) is 0 Å². The molecular weight excluding hydrogens is 404 g/mol. The van der Waals surface area contributed by atoms with Gasteiger partial charge in [-0.1, -0.05) is 11.6 Å². The molecule has 156 valence electrons. The van der Waals surface area contributed by atoms with E-state index in [1.54, 1.807) is 6.07 Å². The summed E-state index contributed by atoms with van der Waals surface area (Å²) in [6, 6.07) is 4.46. The number of nitrogens with one attached hydrogen (secondary N) is 1. The lowest BCUT2D eigenvalue weighted by molar-refractivity contribution is -0.126. The molecule has 7 nitrogen and oxygen atoms in total. The number of hydrogen-bond acceptors (Lipinski definition) is 5. The van der Waals surface area contributed by atoms with Crippen molar-refractivity contribution in [2.75, 3.05) is 32.8 Å². The van der Waals surface area contributed by atoms with E-state index in [1.165, 1.54) is 16.4 Å². The number of benzene rings is 1. The lowest BCUT2D eigenvalue weighted by Crippen LogP contribution is -2.46. The summed E-state index contributed by atoms with van der Waals surface area (Å²) < 4.78 is 38.3. The molecule has 2 fully saturated rings. The summed E-state index contributed by atoms with van der Waals surface area (Å²) in [6.07, 6.45) is 3.35. The summed E-state index contributed by atoms with van der Waals surface area (Å²) >= 11 is 6.15. The summed E-state index contributed by atoms with van der Waals surface area (Å²) in [4.78, 5) is 12.6. The first-order valence-electron chi connectivity index (χ1n) is 9.73. The van der Waals surface area contributed by atoms with Crippen LogP contribution in [0.2, 0.25) is 5.02 Å². The Morgan fingerprint density at radius 2 is 2.18 bits per heavy atom. The first-order valence-corrected chi connectivity index (χ1v) is 11.6. The zero-order valence-corrected chi connectivity index (χ0v) is 17.6. The highest BCUT2D eigenvalue weighted by Gasteiger charge is 2.34. The van der Waals surface area contributed by atoms with Crippen LogP contribution in [0.4, 0.5) is 0 Å². The molecule has 1 aromatic rings. The van der Waals surface area contributed by atoms with Gasteiger partial charge in [0.15, 0.2) is 0 Å². The summed E-state index contributed by atoms with van der Waals surface area (Å²) in [5.74, 6) is -0.0172. The van der Waals surface area contributed by atoms with Gasteiger partial charge in [-0.15, -0.1) is 0 Å². The molecule has 3 rings (SSSR count). The molecule has 9 heteroatoms. The van der Waals surface area contributed by atoms with Crippen molar-refractivity contribution in [2.45, 2.75) is 43.6 Å². The Morgan fingerprint density at radius 1 is 1.36 bits per heavy atom. The van der Waals surface area contributed by atoms with Crippen molar-refractivity contribution >= 4 is 27.5 Å². The van der Waals surface area contributed by atoms with Crippen molar-refractivity contribution < 1.29 is 22.7 Å². The second-order valence-corrected chi connectivity index (χ2v) is 9.45. The fraction of sp³-hybridized carbons (Fsp3) is 0.632. The summed E-state index contributed by atoms with van der Waals surface area (Å²) in [5, 5.41) is 3.17. The van der Waals surface area contributed by atoms with E-state index >= 15 is 0 Å². The van der Waals surface area contributed by atoms with Crippen molar-refractivity contribution in [3.8, 4) is 5.75 Å². The highest BCUT2D eigenvalue weighted by molar-refractivity contribution is 7.89. The SMILES string of the molecule is CCOc1ccc(S(=O)(=O)N2CCC[C@@H](C(=O)NC[C@@H]3CCCO3)C2)cc1Cl. The largest absolute Gasteiger partial charge is 0.492 e. The molecular formula is C19H27ClN2O5S. The van der Waals surface area contributed by atoms with Crippen LogP contribution in [0.1, 0.15) is 32.6 Å². The van der Waals surface area contributed by atoms with Crippen LogP contribution < -0.4 is 10.1 Å². The minimum atomic E-state index is -3.72. The Bertz CT molecular complexity index is 796. The van der Waals surface area contributed by atoms with E-state index < -0.39 is 10.0 Å². The van der Waals surface area contributed by atoms with E-state index in [4.69, 9.17) is 21.1 Å². The molecule has 1 N–H and O–H groups in total. The van der Waals surface area contributed by atoms with Crippen LogP contribution in [0.15, 0.2) is 23.1 Å². The third-order valence-electron chi connectivity index (χ3n) is 5.12. The van der Waals surface area contributed by atoms with Crippen molar-refractivity contribution in [3.05, 3.63) is 23.2 Å². The lowest BCUT2D eigenvalue weighted by Gasteiger charge is -2.31. The van der Waals surface area contributed by atoms with Gasteiger partial charge in [0.05, 0.1) is 28.5 Å². The van der Waals surface area contributed by atoms with E-state index in [1.807, 2.05) is 6.92 Å². The van der Waals surface area contributed by atoms with Crippen molar-refractivity contribution in [1.29, 1.82) is 0 Å². The van der Waals surface area contributed by atoms with Crippen LogP contribution in [0.3, 0.4) is 0 Å². The van der Waals surface area contributed by atoms with Gasteiger partial charge < -0.3 is 14.8 Å². The number of hydrogen-bond donors (Lipinski definition) is 1. The van der Waals surface area contributed by atoms with Crippen molar-refractivity contribution in [1.82, 2.24) is 9.62 Å². The molecule has 0 spiro atoms. The second kappa shape index (κ2) is 9.43. The number of nitrogens with zero attached hydrogens (tertiary/aromatic N) is 1. The molecule has 1 aromatic carbocycles. The monoisotopic (exact) mass is 430 g/mol. The molecule has 0 aromatic heterocycles. The van der Waals surface area contributed by atoms with Gasteiger partial charge in [0.25, 0.3) is 0 Å². The van der Waals surface area contributed by atoms with Crippen molar-refractivity contribution in [2.24, 2.45) is 5.92 Å². The van der Waals surface area contributed by atoms with Gasteiger partial charge in [-0.3, -0.25) is 4.79 Å².